The largest absolute Gasteiger partial charge is 0.0776 e. The van der Waals surface area contributed by atoms with Crippen molar-refractivity contribution in [1.29, 1.82) is 0 Å². The van der Waals surface area contributed by atoms with Gasteiger partial charge < -0.3 is 0 Å². The molecule has 0 aromatic carbocycles. The Hall–Kier alpha value is 0. The third-order valence-corrected chi connectivity index (χ3v) is 7.42. The maximum atomic E-state index is 2.46. The van der Waals surface area contributed by atoms with Gasteiger partial charge in [-0.2, -0.15) is 0 Å². The SMILES string of the molecule is C.CC1CCC(CC2CCC(C3CCC(C)CC3)CC2)CC1. The predicted molar refractivity (Wildman–Crippen MR) is 99.0 cm³/mol. The lowest BCUT2D eigenvalue weighted by atomic mass is 9.67. The van der Waals surface area contributed by atoms with E-state index in [9.17, 15) is 0 Å². The van der Waals surface area contributed by atoms with E-state index in [1.54, 1.807) is 57.8 Å². The summed E-state index contributed by atoms with van der Waals surface area (Å²) in [6.07, 6.45) is 20.1. The zero-order chi connectivity index (χ0) is 14.7. The van der Waals surface area contributed by atoms with Crippen LogP contribution in [0.25, 0.3) is 0 Å². The Balaban J connectivity index is 0.00000176. The molecule has 3 saturated carbocycles. The highest BCUT2D eigenvalue weighted by Crippen LogP contribution is 2.43. The number of rotatable bonds is 3. The van der Waals surface area contributed by atoms with E-state index < -0.39 is 0 Å². The van der Waals surface area contributed by atoms with Crippen LogP contribution in [0.15, 0.2) is 0 Å². The lowest BCUT2D eigenvalue weighted by molar-refractivity contribution is 0.133. The first kappa shape index (κ1) is 18.3. The second-order valence-corrected chi connectivity index (χ2v) is 9.16. The fourth-order valence-corrected chi connectivity index (χ4v) is 5.69. The van der Waals surface area contributed by atoms with Gasteiger partial charge in [-0.25, -0.2) is 0 Å². The van der Waals surface area contributed by atoms with E-state index in [0.29, 0.717) is 0 Å². The minimum absolute atomic E-state index is 0. The van der Waals surface area contributed by atoms with Gasteiger partial charge in [0.1, 0.15) is 0 Å². The minimum atomic E-state index is 0. The molecule has 0 spiro atoms. The lowest BCUT2D eigenvalue weighted by Gasteiger charge is -2.38. The zero-order valence-corrected chi connectivity index (χ0v) is 14.7. The molecule has 3 aliphatic carbocycles. The van der Waals surface area contributed by atoms with Crippen molar-refractivity contribution in [3.8, 4) is 0 Å². The Bertz CT molecular complexity index is 283. The van der Waals surface area contributed by atoms with Crippen LogP contribution in [0, 0.1) is 35.5 Å². The molecule has 3 fully saturated rings. The normalized spacial score (nSPS) is 43.4. The average molecular weight is 307 g/mol. The van der Waals surface area contributed by atoms with E-state index in [-0.39, 0.29) is 7.43 Å². The Kier molecular flexibility index (Phi) is 7.29. The summed E-state index contributed by atoms with van der Waals surface area (Å²) in [7, 11) is 0. The number of hydrogen-bond donors (Lipinski definition) is 0. The molecule has 0 radical (unpaired) electrons. The summed E-state index contributed by atoms with van der Waals surface area (Å²) >= 11 is 0. The van der Waals surface area contributed by atoms with Crippen molar-refractivity contribution in [3.05, 3.63) is 0 Å². The van der Waals surface area contributed by atoms with Crippen molar-refractivity contribution in [2.45, 2.75) is 105 Å². The van der Waals surface area contributed by atoms with Crippen molar-refractivity contribution >= 4 is 0 Å². The highest BCUT2D eigenvalue weighted by atomic mass is 14.4. The van der Waals surface area contributed by atoms with E-state index in [4.69, 9.17) is 0 Å². The molecule has 3 aliphatic rings. The third kappa shape index (κ3) is 5.00. The monoisotopic (exact) mass is 306 g/mol. The van der Waals surface area contributed by atoms with Gasteiger partial charge in [0, 0.05) is 0 Å². The van der Waals surface area contributed by atoms with Gasteiger partial charge in [0.05, 0.1) is 0 Å². The van der Waals surface area contributed by atoms with Gasteiger partial charge in [-0.3, -0.25) is 0 Å². The summed E-state index contributed by atoms with van der Waals surface area (Å²) in [6.45, 7) is 4.91. The summed E-state index contributed by atoms with van der Waals surface area (Å²) < 4.78 is 0. The van der Waals surface area contributed by atoms with Gasteiger partial charge in [0.15, 0.2) is 0 Å². The minimum Gasteiger partial charge on any atom is -0.0776 e. The molecule has 0 N–H and O–H groups in total. The molecule has 0 nitrogen and oxygen atoms in total. The van der Waals surface area contributed by atoms with Crippen molar-refractivity contribution in [2.24, 2.45) is 35.5 Å². The zero-order valence-electron chi connectivity index (χ0n) is 14.7. The summed E-state index contributed by atoms with van der Waals surface area (Å²) in [6, 6.07) is 0. The molecule has 0 bridgehead atoms. The molecule has 0 aromatic heterocycles. The molecule has 3 rings (SSSR count). The molecule has 22 heavy (non-hydrogen) atoms. The molecule has 130 valence electrons. The van der Waals surface area contributed by atoms with Crippen molar-refractivity contribution < 1.29 is 0 Å². The van der Waals surface area contributed by atoms with E-state index in [2.05, 4.69) is 13.8 Å². The van der Waals surface area contributed by atoms with Gasteiger partial charge in [-0.1, -0.05) is 72.6 Å². The molecule has 0 heterocycles. The summed E-state index contributed by atoms with van der Waals surface area (Å²) in [4.78, 5) is 0. The van der Waals surface area contributed by atoms with Crippen molar-refractivity contribution in [2.75, 3.05) is 0 Å². The summed E-state index contributed by atoms with van der Waals surface area (Å²) in [5, 5.41) is 0. The van der Waals surface area contributed by atoms with E-state index in [1.807, 2.05) is 0 Å². The van der Waals surface area contributed by atoms with Crippen LogP contribution in [-0.4, -0.2) is 0 Å². The molecular weight excluding hydrogens is 264 g/mol. The maximum Gasteiger partial charge on any atom is -0.0386 e. The van der Waals surface area contributed by atoms with Gasteiger partial charge in [0.2, 0.25) is 0 Å². The average Bonchev–Trinajstić information content (AvgIpc) is 2.51. The summed E-state index contributed by atoms with van der Waals surface area (Å²) in [5.41, 5.74) is 0. The highest BCUT2D eigenvalue weighted by molar-refractivity contribution is 4.82. The smallest absolute Gasteiger partial charge is 0.0386 e. The first-order chi connectivity index (χ1) is 10.2. The Labute approximate surface area is 140 Å². The Morgan fingerprint density at radius 2 is 0.818 bits per heavy atom. The van der Waals surface area contributed by atoms with Crippen LogP contribution in [0.4, 0.5) is 0 Å². The quantitative estimate of drug-likeness (QED) is 0.507. The molecule has 0 saturated heterocycles. The van der Waals surface area contributed by atoms with E-state index >= 15 is 0 Å². The number of hydrogen-bond acceptors (Lipinski definition) is 0. The van der Waals surface area contributed by atoms with Crippen LogP contribution >= 0.6 is 0 Å². The van der Waals surface area contributed by atoms with Gasteiger partial charge >= 0.3 is 0 Å². The van der Waals surface area contributed by atoms with Crippen LogP contribution in [0.1, 0.15) is 105 Å². The van der Waals surface area contributed by atoms with Gasteiger partial charge in [-0.05, 0) is 67.6 Å². The highest BCUT2D eigenvalue weighted by Gasteiger charge is 2.31. The second kappa shape index (κ2) is 8.74. The third-order valence-electron chi connectivity index (χ3n) is 7.42. The van der Waals surface area contributed by atoms with Crippen molar-refractivity contribution in [3.63, 3.8) is 0 Å². The van der Waals surface area contributed by atoms with Gasteiger partial charge in [0.25, 0.3) is 0 Å². The summed E-state index contributed by atoms with van der Waals surface area (Å²) in [5.74, 6) is 6.45. The van der Waals surface area contributed by atoms with Crippen LogP contribution in [0.3, 0.4) is 0 Å². The topological polar surface area (TPSA) is 0 Å². The fraction of sp³-hybridized carbons (Fsp3) is 1.00. The Morgan fingerprint density at radius 3 is 1.27 bits per heavy atom. The predicted octanol–water partition coefficient (Wildman–Crippen LogP) is 7.47. The van der Waals surface area contributed by atoms with E-state index in [1.165, 1.54) is 25.7 Å². The van der Waals surface area contributed by atoms with Crippen LogP contribution in [0.5, 0.6) is 0 Å². The molecule has 0 unspecified atom stereocenters. The molecule has 0 amide bonds. The van der Waals surface area contributed by atoms with Crippen molar-refractivity contribution in [1.82, 2.24) is 0 Å². The van der Waals surface area contributed by atoms with E-state index in [0.717, 1.165) is 35.5 Å². The molecule has 0 heteroatoms. The van der Waals surface area contributed by atoms with Crippen LogP contribution in [-0.2, 0) is 0 Å². The Morgan fingerprint density at radius 1 is 0.500 bits per heavy atom. The molecule has 0 aromatic rings. The lowest BCUT2D eigenvalue weighted by Crippen LogP contribution is -2.26. The molecule has 0 aliphatic heterocycles. The van der Waals surface area contributed by atoms with Crippen LogP contribution < -0.4 is 0 Å². The second-order valence-electron chi connectivity index (χ2n) is 9.16. The van der Waals surface area contributed by atoms with Gasteiger partial charge in [-0.15, -0.1) is 0 Å². The standard InChI is InChI=1S/C21H38.CH4/c1-16-3-7-18(8-4-16)15-19-9-13-21(14-10-19)20-11-5-17(2)6-12-20;/h16-21H,3-15H2,1-2H3;1H4. The van der Waals surface area contributed by atoms with Crippen LogP contribution in [0.2, 0.25) is 0 Å². The maximum absolute atomic E-state index is 2.46. The first-order valence-electron chi connectivity index (χ1n) is 10.2. The fourth-order valence-electron chi connectivity index (χ4n) is 5.69. The first-order valence-corrected chi connectivity index (χ1v) is 10.2. The molecular formula is C22H42. The molecule has 0 atom stereocenters.